The summed E-state index contributed by atoms with van der Waals surface area (Å²) in [7, 11) is 1.92. The molecule has 2 aromatic rings. The third-order valence-electron chi connectivity index (χ3n) is 2.28. The van der Waals surface area contributed by atoms with Crippen molar-refractivity contribution < 1.29 is 0 Å². The zero-order valence-corrected chi connectivity index (χ0v) is 8.12. The molecule has 3 N–H and O–H groups in total. The number of benzene rings is 1. The van der Waals surface area contributed by atoms with Crippen LogP contribution in [-0.4, -0.2) is 12.0 Å². The molecule has 0 radical (unpaired) electrons. The van der Waals surface area contributed by atoms with E-state index in [0.717, 1.165) is 11.9 Å². The highest BCUT2D eigenvalue weighted by atomic mass is 14.8. The van der Waals surface area contributed by atoms with Crippen molar-refractivity contribution in [3.05, 3.63) is 36.0 Å². The first kappa shape index (κ1) is 8.97. The second-order valence-corrected chi connectivity index (χ2v) is 3.24. The van der Waals surface area contributed by atoms with Crippen LogP contribution in [0.5, 0.6) is 0 Å². The molecule has 0 saturated heterocycles. The lowest BCUT2D eigenvalue weighted by atomic mass is 10.1. The maximum absolute atomic E-state index is 5.79. The first-order chi connectivity index (χ1) is 6.83. The number of hydrogen-bond donors (Lipinski definition) is 2. The Kier molecular flexibility index (Phi) is 2.33. The number of nitrogens with zero attached hydrogens (tertiary/aromatic N) is 1. The molecule has 3 heteroatoms. The third-order valence-corrected chi connectivity index (χ3v) is 2.28. The van der Waals surface area contributed by atoms with Gasteiger partial charge < -0.3 is 11.1 Å². The van der Waals surface area contributed by atoms with Crippen LogP contribution in [0.3, 0.4) is 0 Å². The number of rotatable bonds is 2. The van der Waals surface area contributed by atoms with Crippen molar-refractivity contribution in [1.29, 1.82) is 0 Å². The summed E-state index contributed by atoms with van der Waals surface area (Å²) in [4.78, 5) is 4.16. The number of nitrogens with two attached hydrogens (primary N) is 1. The lowest BCUT2D eigenvalue weighted by Crippen LogP contribution is -2.06. The molecule has 0 aliphatic carbocycles. The number of nitrogens with one attached hydrogen (secondary N) is 1. The molecule has 0 bridgehead atoms. The van der Waals surface area contributed by atoms with Gasteiger partial charge in [0.05, 0.1) is 0 Å². The van der Waals surface area contributed by atoms with Crippen LogP contribution in [0.1, 0.15) is 5.56 Å². The van der Waals surface area contributed by atoms with Gasteiger partial charge >= 0.3 is 0 Å². The van der Waals surface area contributed by atoms with Crippen molar-refractivity contribution in [2.75, 3.05) is 12.8 Å². The summed E-state index contributed by atoms with van der Waals surface area (Å²) in [5.41, 5.74) is 6.97. The van der Waals surface area contributed by atoms with Gasteiger partial charge in [0.15, 0.2) is 0 Å². The van der Waals surface area contributed by atoms with E-state index >= 15 is 0 Å². The predicted molar refractivity (Wildman–Crippen MR) is 58.9 cm³/mol. The summed E-state index contributed by atoms with van der Waals surface area (Å²) in [6.45, 7) is 0.813. The quantitative estimate of drug-likeness (QED) is 0.749. The minimum absolute atomic E-state index is 0.598. The van der Waals surface area contributed by atoms with E-state index in [0.29, 0.717) is 5.82 Å². The van der Waals surface area contributed by atoms with Crippen LogP contribution in [-0.2, 0) is 6.54 Å². The molecule has 72 valence electrons. The Hall–Kier alpha value is -1.61. The molecule has 0 aliphatic rings. The zero-order valence-electron chi connectivity index (χ0n) is 8.12. The Labute approximate surface area is 83.0 Å². The van der Waals surface area contributed by atoms with Gasteiger partial charge in [-0.05, 0) is 18.0 Å². The molecule has 1 aromatic heterocycles. The van der Waals surface area contributed by atoms with Crippen molar-refractivity contribution in [3.63, 3.8) is 0 Å². The van der Waals surface area contributed by atoms with E-state index in [1.165, 1.54) is 10.9 Å². The lowest BCUT2D eigenvalue weighted by Gasteiger charge is -2.06. The Morgan fingerprint density at radius 1 is 1.29 bits per heavy atom. The van der Waals surface area contributed by atoms with Crippen LogP contribution < -0.4 is 11.1 Å². The van der Waals surface area contributed by atoms with E-state index in [4.69, 9.17) is 5.73 Å². The summed E-state index contributed by atoms with van der Waals surface area (Å²) < 4.78 is 0. The fraction of sp³-hybridized carbons (Fsp3) is 0.182. The Morgan fingerprint density at radius 2 is 2.00 bits per heavy atom. The molecule has 3 nitrogen and oxygen atoms in total. The van der Waals surface area contributed by atoms with Gasteiger partial charge in [-0.2, -0.15) is 0 Å². The van der Waals surface area contributed by atoms with E-state index < -0.39 is 0 Å². The molecule has 0 aliphatic heterocycles. The van der Waals surface area contributed by atoms with Gasteiger partial charge in [0.1, 0.15) is 5.82 Å². The molecule has 1 heterocycles. The largest absolute Gasteiger partial charge is 0.383 e. The van der Waals surface area contributed by atoms with E-state index in [1.807, 2.05) is 31.4 Å². The van der Waals surface area contributed by atoms with E-state index in [1.54, 1.807) is 0 Å². The summed E-state index contributed by atoms with van der Waals surface area (Å²) in [5, 5.41) is 5.32. The maximum atomic E-state index is 5.79. The fourth-order valence-corrected chi connectivity index (χ4v) is 1.60. The molecule has 0 spiro atoms. The van der Waals surface area contributed by atoms with Gasteiger partial charge in [-0.25, -0.2) is 4.98 Å². The van der Waals surface area contributed by atoms with E-state index in [9.17, 15) is 0 Å². The smallest absolute Gasteiger partial charge is 0.131 e. The monoisotopic (exact) mass is 187 g/mol. The normalized spacial score (nSPS) is 10.6. The summed E-state index contributed by atoms with van der Waals surface area (Å²) >= 11 is 0. The van der Waals surface area contributed by atoms with E-state index in [-0.39, 0.29) is 0 Å². The molecule has 0 fully saturated rings. The van der Waals surface area contributed by atoms with Crippen molar-refractivity contribution in [2.24, 2.45) is 0 Å². The first-order valence-corrected chi connectivity index (χ1v) is 4.59. The lowest BCUT2D eigenvalue weighted by molar-refractivity contribution is 0.820. The molecule has 14 heavy (non-hydrogen) atoms. The first-order valence-electron chi connectivity index (χ1n) is 4.59. The molecule has 0 amide bonds. The topological polar surface area (TPSA) is 50.9 Å². The molecule has 0 saturated carbocycles. The average molecular weight is 187 g/mol. The maximum Gasteiger partial charge on any atom is 0.131 e. The molecule has 1 aromatic carbocycles. The summed E-state index contributed by atoms with van der Waals surface area (Å²) in [5.74, 6) is 0.598. The van der Waals surface area contributed by atoms with Gasteiger partial charge in [0.25, 0.3) is 0 Å². The summed E-state index contributed by atoms with van der Waals surface area (Å²) in [6.07, 6.45) is 1.83. The van der Waals surface area contributed by atoms with Crippen LogP contribution in [0.25, 0.3) is 10.8 Å². The Balaban J connectivity index is 2.68. The Bertz CT molecular complexity index is 451. The van der Waals surface area contributed by atoms with Crippen LogP contribution in [0.4, 0.5) is 5.82 Å². The van der Waals surface area contributed by atoms with Crippen molar-refractivity contribution >= 4 is 16.6 Å². The fourth-order valence-electron chi connectivity index (χ4n) is 1.60. The highest BCUT2D eigenvalue weighted by molar-refractivity contribution is 5.92. The van der Waals surface area contributed by atoms with Gasteiger partial charge in [0.2, 0.25) is 0 Å². The number of pyridine rings is 1. The van der Waals surface area contributed by atoms with Crippen molar-refractivity contribution in [1.82, 2.24) is 10.3 Å². The SMILES string of the molecule is CNCc1cnc(N)c2ccccc12. The van der Waals surface area contributed by atoms with Crippen molar-refractivity contribution in [3.8, 4) is 0 Å². The number of aromatic nitrogens is 1. The second-order valence-electron chi connectivity index (χ2n) is 3.24. The minimum Gasteiger partial charge on any atom is -0.383 e. The van der Waals surface area contributed by atoms with Crippen molar-refractivity contribution in [2.45, 2.75) is 6.54 Å². The average Bonchev–Trinajstić information content (AvgIpc) is 2.23. The minimum atomic E-state index is 0.598. The molecule has 0 unspecified atom stereocenters. The molecule has 0 atom stereocenters. The molecular weight excluding hydrogens is 174 g/mol. The number of hydrogen-bond acceptors (Lipinski definition) is 3. The molecular formula is C11H13N3. The standard InChI is InChI=1S/C11H13N3/c1-13-6-8-7-14-11(12)10-5-3-2-4-9(8)10/h2-5,7,13H,6H2,1H3,(H2,12,14). The predicted octanol–water partition coefficient (Wildman–Crippen LogP) is 1.54. The van der Waals surface area contributed by atoms with Gasteiger partial charge in [-0.15, -0.1) is 0 Å². The number of anilines is 1. The van der Waals surface area contributed by atoms with Gasteiger partial charge in [-0.3, -0.25) is 0 Å². The highest BCUT2D eigenvalue weighted by Crippen LogP contribution is 2.21. The van der Waals surface area contributed by atoms with Gasteiger partial charge in [0, 0.05) is 18.1 Å². The number of nitrogen functional groups attached to an aromatic ring is 1. The van der Waals surface area contributed by atoms with Crippen LogP contribution >= 0.6 is 0 Å². The Morgan fingerprint density at radius 3 is 2.71 bits per heavy atom. The van der Waals surface area contributed by atoms with Gasteiger partial charge in [-0.1, -0.05) is 24.3 Å². The van der Waals surface area contributed by atoms with E-state index in [2.05, 4.69) is 16.4 Å². The van der Waals surface area contributed by atoms with Crippen LogP contribution in [0.2, 0.25) is 0 Å². The zero-order chi connectivity index (χ0) is 9.97. The summed E-state index contributed by atoms with van der Waals surface area (Å²) in [6, 6.07) is 8.06. The van der Waals surface area contributed by atoms with Crippen LogP contribution in [0.15, 0.2) is 30.5 Å². The second kappa shape index (κ2) is 3.64. The number of fused-ring (bicyclic) bond motifs is 1. The molecule has 2 rings (SSSR count). The van der Waals surface area contributed by atoms with Crippen LogP contribution in [0, 0.1) is 0 Å². The third kappa shape index (κ3) is 1.42. The highest BCUT2D eigenvalue weighted by Gasteiger charge is 2.02.